The fourth-order valence-electron chi connectivity index (χ4n) is 3.20. The van der Waals surface area contributed by atoms with Crippen molar-refractivity contribution in [3.05, 3.63) is 70.6 Å². The highest BCUT2D eigenvalue weighted by Crippen LogP contribution is 2.33. The van der Waals surface area contributed by atoms with Crippen LogP contribution in [0.1, 0.15) is 35.1 Å². The van der Waals surface area contributed by atoms with Crippen LogP contribution in [0.25, 0.3) is 11.4 Å². The molecule has 0 spiro atoms. The van der Waals surface area contributed by atoms with Crippen LogP contribution < -0.4 is 0 Å². The first-order chi connectivity index (χ1) is 13.0. The third-order valence-electron chi connectivity index (χ3n) is 4.48. The van der Waals surface area contributed by atoms with Crippen molar-refractivity contribution in [3.8, 4) is 11.4 Å². The van der Waals surface area contributed by atoms with E-state index < -0.39 is 23.6 Å². The zero-order valence-corrected chi connectivity index (χ0v) is 14.8. The molecule has 1 aromatic heterocycles. The van der Waals surface area contributed by atoms with Crippen LogP contribution in [0.3, 0.4) is 0 Å². The maximum absolute atomic E-state index is 14.0. The fourth-order valence-corrected chi connectivity index (χ4v) is 3.39. The lowest BCUT2D eigenvalue weighted by atomic mass is 10.1. The van der Waals surface area contributed by atoms with Gasteiger partial charge < -0.3 is 9.42 Å². The number of nitrogens with zero attached hydrogens (tertiary/aromatic N) is 3. The predicted octanol–water partition coefficient (Wildman–Crippen LogP) is 4.65. The molecule has 0 bridgehead atoms. The lowest BCUT2D eigenvalue weighted by molar-refractivity contribution is 0.0705. The first-order valence-electron chi connectivity index (χ1n) is 8.38. The Balaban J connectivity index is 1.61. The molecule has 138 valence electrons. The Bertz CT molecular complexity index is 1010. The second kappa shape index (κ2) is 7.08. The van der Waals surface area contributed by atoms with E-state index in [1.165, 1.54) is 4.90 Å². The van der Waals surface area contributed by atoms with Crippen LogP contribution in [0.4, 0.5) is 8.78 Å². The predicted molar refractivity (Wildman–Crippen MR) is 94.1 cm³/mol. The molecule has 0 saturated carbocycles. The van der Waals surface area contributed by atoms with Crippen molar-refractivity contribution in [2.24, 2.45) is 0 Å². The summed E-state index contributed by atoms with van der Waals surface area (Å²) in [7, 11) is 0. The average molecular weight is 390 g/mol. The van der Waals surface area contributed by atoms with Crippen molar-refractivity contribution in [1.82, 2.24) is 15.0 Å². The summed E-state index contributed by atoms with van der Waals surface area (Å²) in [6.45, 7) is 0.426. The summed E-state index contributed by atoms with van der Waals surface area (Å²) in [6, 6.07) is 9.47. The van der Waals surface area contributed by atoms with Gasteiger partial charge in [0.2, 0.25) is 11.7 Å². The molecule has 0 radical (unpaired) electrons. The molecule has 1 saturated heterocycles. The molecule has 1 aliphatic heterocycles. The summed E-state index contributed by atoms with van der Waals surface area (Å²) in [5.41, 5.74) is 0.510. The van der Waals surface area contributed by atoms with E-state index in [1.54, 1.807) is 24.3 Å². The van der Waals surface area contributed by atoms with Crippen molar-refractivity contribution in [2.45, 2.75) is 18.9 Å². The van der Waals surface area contributed by atoms with Gasteiger partial charge in [-0.3, -0.25) is 4.79 Å². The number of aromatic nitrogens is 2. The topological polar surface area (TPSA) is 59.2 Å². The van der Waals surface area contributed by atoms with Gasteiger partial charge in [-0.25, -0.2) is 8.78 Å². The van der Waals surface area contributed by atoms with E-state index in [0.717, 1.165) is 12.1 Å². The molecule has 4 rings (SSSR count). The Kier molecular flexibility index (Phi) is 4.61. The second-order valence-electron chi connectivity index (χ2n) is 6.25. The van der Waals surface area contributed by atoms with Gasteiger partial charge in [0.15, 0.2) is 0 Å². The molecule has 2 heterocycles. The monoisotopic (exact) mass is 389 g/mol. The Hall–Kier alpha value is -2.80. The highest BCUT2D eigenvalue weighted by Gasteiger charge is 2.35. The smallest absolute Gasteiger partial charge is 0.257 e. The molecule has 2 aromatic carbocycles. The standard InChI is InChI=1S/C19H14ClF2N3O2/c20-12-4-1-3-11(9-12)17-23-18(27-24-17)16-5-2-8-25(16)19(26)14-7-6-13(21)10-15(14)22/h1,3-4,6-7,9-10,16H,2,5,8H2. The molecule has 1 amide bonds. The van der Waals surface area contributed by atoms with Gasteiger partial charge >= 0.3 is 0 Å². The zero-order chi connectivity index (χ0) is 19.0. The van der Waals surface area contributed by atoms with Crippen LogP contribution in [-0.4, -0.2) is 27.5 Å². The quantitative estimate of drug-likeness (QED) is 0.654. The van der Waals surface area contributed by atoms with E-state index in [4.69, 9.17) is 16.1 Å². The van der Waals surface area contributed by atoms with Gasteiger partial charge in [0.25, 0.3) is 5.91 Å². The second-order valence-corrected chi connectivity index (χ2v) is 6.68. The summed E-state index contributed by atoms with van der Waals surface area (Å²) in [4.78, 5) is 18.6. The Morgan fingerprint density at radius 1 is 1.22 bits per heavy atom. The molecule has 1 atom stereocenters. The zero-order valence-electron chi connectivity index (χ0n) is 14.0. The molecule has 3 aromatic rings. The number of amides is 1. The van der Waals surface area contributed by atoms with Gasteiger partial charge in [-0.2, -0.15) is 4.98 Å². The average Bonchev–Trinajstić information content (AvgIpc) is 3.30. The minimum Gasteiger partial charge on any atom is -0.337 e. The maximum Gasteiger partial charge on any atom is 0.257 e. The highest BCUT2D eigenvalue weighted by molar-refractivity contribution is 6.30. The first-order valence-corrected chi connectivity index (χ1v) is 8.76. The van der Waals surface area contributed by atoms with E-state index in [2.05, 4.69) is 10.1 Å². The summed E-state index contributed by atoms with van der Waals surface area (Å²) >= 11 is 5.99. The number of hydrogen-bond acceptors (Lipinski definition) is 4. The normalized spacial score (nSPS) is 16.7. The van der Waals surface area contributed by atoms with E-state index in [-0.39, 0.29) is 11.5 Å². The molecular weight excluding hydrogens is 376 g/mol. The molecule has 1 fully saturated rings. The number of hydrogen-bond donors (Lipinski definition) is 0. The highest BCUT2D eigenvalue weighted by atomic mass is 35.5. The van der Waals surface area contributed by atoms with Crippen LogP contribution >= 0.6 is 11.6 Å². The van der Waals surface area contributed by atoms with E-state index >= 15 is 0 Å². The Morgan fingerprint density at radius 2 is 2.07 bits per heavy atom. The van der Waals surface area contributed by atoms with Gasteiger partial charge in [0.1, 0.15) is 17.7 Å². The van der Waals surface area contributed by atoms with Crippen molar-refractivity contribution in [2.75, 3.05) is 6.54 Å². The first kappa shape index (κ1) is 17.6. The molecule has 0 N–H and O–H groups in total. The van der Waals surface area contributed by atoms with Crippen molar-refractivity contribution < 1.29 is 18.1 Å². The van der Waals surface area contributed by atoms with Gasteiger partial charge in [-0.05, 0) is 37.1 Å². The summed E-state index contributed by atoms with van der Waals surface area (Å²) in [5.74, 6) is -1.52. The fraction of sp³-hybridized carbons (Fsp3) is 0.211. The Morgan fingerprint density at radius 3 is 2.85 bits per heavy atom. The van der Waals surface area contributed by atoms with Gasteiger partial charge in [-0.1, -0.05) is 28.9 Å². The number of rotatable bonds is 3. The number of likely N-dealkylation sites (tertiary alicyclic amines) is 1. The van der Waals surface area contributed by atoms with E-state index in [9.17, 15) is 13.6 Å². The van der Waals surface area contributed by atoms with Crippen LogP contribution in [0.2, 0.25) is 5.02 Å². The van der Waals surface area contributed by atoms with Crippen LogP contribution in [0.15, 0.2) is 47.0 Å². The number of benzene rings is 2. The van der Waals surface area contributed by atoms with Crippen molar-refractivity contribution in [1.29, 1.82) is 0 Å². The molecule has 0 aliphatic carbocycles. The SMILES string of the molecule is O=C(c1ccc(F)cc1F)N1CCCC1c1nc(-c2cccc(Cl)c2)no1. The lowest BCUT2D eigenvalue weighted by Crippen LogP contribution is -2.31. The minimum atomic E-state index is -0.893. The van der Waals surface area contributed by atoms with Gasteiger partial charge in [0.05, 0.1) is 5.56 Å². The van der Waals surface area contributed by atoms with Crippen molar-refractivity contribution in [3.63, 3.8) is 0 Å². The van der Waals surface area contributed by atoms with Gasteiger partial charge in [-0.15, -0.1) is 0 Å². The number of halogens is 3. The summed E-state index contributed by atoms with van der Waals surface area (Å²) in [5, 5.41) is 4.51. The molecule has 1 aliphatic rings. The molecule has 5 nitrogen and oxygen atoms in total. The van der Waals surface area contributed by atoms with Gasteiger partial charge in [0, 0.05) is 23.2 Å². The Labute approximate surface area is 158 Å². The summed E-state index contributed by atoms with van der Waals surface area (Å²) < 4.78 is 32.5. The molecule has 8 heteroatoms. The number of carbonyl (C=O) groups excluding carboxylic acids is 1. The maximum atomic E-state index is 14.0. The van der Waals surface area contributed by atoms with Crippen LogP contribution in [0.5, 0.6) is 0 Å². The number of carbonyl (C=O) groups is 1. The minimum absolute atomic E-state index is 0.183. The largest absolute Gasteiger partial charge is 0.337 e. The molecule has 27 heavy (non-hydrogen) atoms. The third-order valence-corrected chi connectivity index (χ3v) is 4.72. The lowest BCUT2D eigenvalue weighted by Gasteiger charge is -2.22. The molecular formula is C19H14ClF2N3O2. The van der Waals surface area contributed by atoms with Crippen molar-refractivity contribution >= 4 is 17.5 Å². The van der Waals surface area contributed by atoms with E-state index in [1.807, 2.05) is 0 Å². The van der Waals surface area contributed by atoms with Crippen LogP contribution in [0, 0.1) is 11.6 Å². The third kappa shape index (κ3) is 3.42. The van der Waals surface area contributed by atoms with Crippen LogP contribution in [-0.2, 0) is 0 Å². The molecule has 1 unspecified atom stereocenters. The summed E-state index contributed by atoms with van der Waals surface area (Å²) in [6.07, 6.45) is 1.33. The van der Waals surface area contributed by atoms with E-state index in [0.29, 0.717) is 41.9 Å².